The van der Waals surface area contributed by atoms with E-state index in [-0.39, 0.29) is 12.5 Å². The molecule has 3 N–H and O–H groups in total. The van der Waals surface area contributed by atoms with Gasteiger partial charge in [0.2, 0.25) is 5.91 Å². The van der Waals surface area contributed by atoms with E-state index in [1.165, 1.54) is 14.0 Å². The maximum atomic E-state index is 13.5. The van der Waals surface area contributed by atoms with Gasteiger partial charge >= 0.3 is 12.1 Å². The second kappa shape index (κ2) is 11.1. The van der Waals surface area contributed by atoms with Gasteiger partial charge in [-0.3, -0.25) is 4.79 Å². The third-order valence-electron chi connectivity index (χ3n) is 5.78. The summed E-state index contributed by atoms with van der Waals surface area (Å²) in [5.74, 6) is -2.60. The van der Waals surface area contributed by atoms with Crippen LogP contribution in [-0.4, -0.2) is 61.4 Å². The maximum absolute atomic E-state index is 13.5. The van der Waals surface area contributed by atoms with Gasteiger partial charge in [-0.2, -0.15) is 0 Å². The van der Waals surface area contributed by atoms with Crippen molar-refractivity contribution in [2.75, 3.05) is 13.7 Å². The van der Waals surface area contributed by atoms with Crippen molar-refractivity contribution in [3.63, 3.8) is 0 Å². The number of carboxylic acids is 1. The quantitative estimate of drug-likeness (QED) is 0.486. The Bertz CT molecular complexity index is 1000. The van der Waals surface area contributed by atoms with E-state index < -0.39 is 49.0 Å². The predicted octanol–water partition coefficient (Wildman–Crippen LogP) is 3.15. The average molecular weight is 476 g/mol. The van der Waals surface area contributed by atoms with Crippen molar-refractivity contribution in [2.24, 2.45) is 0 Å². The van der Waals surface area contributed by atoms with Gasteiger partial charge in [0, 0.05) is 13.0 Å². The third-order valence-corrected chi connectivity index (χ3v) is 5.78. The van der Waals surface area contributed by atoms with Crippen molar-refractivity contribution < 1.29 is 37.7 Å². The molecule has 0 radical (unpaired) electrons. The SMILES string of the molecule is CO[C@H](C)[C@H](NC(=O)CC(NC(=O)OCC1c2ccccc2-c2ccccc21)C(F)F)C(=O)O. The van der Waals surface area contributed by atoms with Gasteiger partial charge in [-0.15, -0.1) is 0 Å². The lowest BCUT2D eigenvalue weighted by Gasteiger charge is -2.22. The number of hydrogen-bond donors (Lipinski definition) is 3. The molecule has 0 spiro atoms. The van der Waals surface area contributed by atoms with E-state index >= 15 is 0 Å². The molecule has 182 valence electrons. The first-order valence-electron chi connectivity index (χ1n) is 10.7. The Morgan fingerprint density at radius 1 is 1.00 bits per heavy atom. The zero-order chi connectivity index (χ0) is 24.8. The number of alkyl halides is 2. The fourth-order valence-corrected chi connectivity index (χ4v) is 3.94. The summed E-state index contributed by atoms with van der Waals surface area (Å²) < 4.78 is 37.1. The summed E-state index contributed by atoms with van der Waals surface area (Å²) in [4.78, 5) is 35.7. The predicted molar refractivity (Wildman–Crippen MR) is 119 cm³/mol. The molecule has 3 rings (SSSR count). The van der Waals surface area contributed by atoms with Crippen LogP contribution < -0.4 is 10.6 Å². The largest absolute Gasteiger partial charge is 0.480 e. The summed E-state index contributed by atoms with van der Waals surface area (Å²) in [6.45, 7) is 1.34. The highest BCUT2D eigenvalue weighted by Gasteiger charge is 2.32. The Morgan fingerprint density at radius 2 is 1.56 bits per heavy atom. The lowest BCUT2D eigenvalue weighted by Crippen LogP contribution is -2.51. The van der Waals surface area contributed by atoms with Crippen LogP contribution in [0.3, 0.4) is 0 Å². The van der Waals surface area contributed by atoms with E-state index in [9.17, 15) is 28.3 Å². The molecule has 8 nitrogen and oxygen atoms in total. The molecule has 0 aliphatic heterocycles. The van der Waals surface area contributed by atoms with Crippen LogP contribution in [0.15, 0.2) is 48.5 Å². The van der Waals surface area contributed by atoms with Gasteiger partial charge < -0.3 is 25.2 Å². The minimum absolute atomic E-state index is 0.0749. The smallest absolute Gasteiger partial charge is 0.407 e. The van der Waals surface area contributed by atoms with Crippen LogP contribution in [0, 0.1) is 0 Å². The lowest BCUT2D eigenvalue weighted by atomic mass is 9.98. The van der Waals surface area contributed by atoms with Gasteiger partial charge in [0.15, 0.2) is 6.04 Å². The molecule has 0 heterocycles. The highest BCUT2D eigenvalue weighted by atomic mass is 19.3. The van der Waals surface area contributed by atoms with E-state index in [1.54, 1.807) is 0 Å². The molecule has 1 aliphatic carbocycles. The highest BCUT2D eigenvalue weighted by Crippen LogP contribution is 2.44. The topological polar surface area (TPSA) is 114 Å². The second-order valence-corrected chi connectivity index (χ2v) is 7.94. The monoisotopic (exact) mass is 476 g/mol. The molecule has 3 atom stereocenters. The Balaban J connectivity index is 1.60. The molecular weight excluding hydrogens is 450 g/mol. The van der Waals surface area contributed by atoms with E-state index in [4.69, 9.17) is 9.47 Å². The molecule has 0 aromatic heterocycles. The number of carboxylic acid groups (broad SMARTS) is 1. The fourth-order valence-electron chi connectivity index (χ4n) is 3.94. The normalized spacial score (nSPS) is 15.1. The van der Waals surface area contributed by atoms with Crippen LogP contribution in [0.5, 0.6) is 0 Å². The summed E-state index contributed by atoms with van der Waals surface area (Å²) in [6, 6.07) is 12.1. The average Bonchev–Trinajstić information content (AvgIpc) is 3.13. The number of aliphatic carboxylic acids is 1. The van der Waals surface area contributed by atoms with Crippen LogP contribution in [0.1, 0.15) is 30.4 Å². The molecule has 1 aliphatic rings. The van der Waals surface area contributed by atoms with Crippen molar-refractivity contribution >= 4 is 18.0 Å². The molecule has 2 aromatic rings. The van der Waals surface area contributed by atoms with Crippen molar-refractivity contribution in [3.8, 4) is 11.1 Å². The number of ether oxygens (including phenoxy) is 2. The Morgan fingerprint density at radius 3 is 2.06 bits per heavy atom. The number of methoxy groups -OCH3 is 1. The summed E-state index contributed by atoms with van der Waals surface area (Å²) in [5.41, 5.74) is 3.97. The number of rotatable bonds is 10. The van der Waals surface area contributed by atoms with Gasteiger partial charge in [0.1, 0.15) is 12.6 Å². The molecular formula is C24H26F2N2O6. The van der Waals surface area contributed by atoms with Crippen LogP contribution in [-0.2, 0) is 19.1 Å². The molecule has 2 aromatic carbocycles. The van der Waals surface area contributed by atoms with Crippen LogP contribution >= 0.6 is 0 Å². The molecule has 0 fully saturated rings. The van der Waals surface area contributed by atoms with Crippen LogP contribution in [0.25, 0.3) is 11.1 Å². The highest BCUT2D eigenvalue weighted by molar-refractivity contribution is 5.84. The number of benzene rings is 2. The third kappa shape index (κ3) is 5.69. The Hall–Kier alpha value is -3.53. The summed E-state index contributed by atoms with van der Waals surface area (Å²) in [5, 5.41) is 13.3. The molecule has 0 saturated heterocycles. The first kappa shape index (κ1) is 25.1. The molecule has 0 saturated carbocycles. The van der Waals surface area contributed by atoms with Gasteiger partial charge in [-0.05, 0) is 29.2 Å². The summed E-state index contributed by atoms with van der Waals surface area (Å²) in [6.07, 6.45) is -5.89. The number of hydrogen-bond acceptors (Lipinski definition) is 5. The molecule has 0 bridgehead atoms. The Kier molecular flexibility index (Phi) is 8.17. The maximum Gasteiger partial charge on any atom is 0.407 e. The van der Waals surface area contributed by atoms with Gasteiger partial charge in [-0.1, -0.05) is 48.5 Å². The van der Waals surface area contributed by atoms with E-state index in [1.807, 2.05) is 53.8 Å². The molecule has 2 amide bonds. The van der Waals surface area contributed by atoms with Crippen LogP contribution in [0.2, 0.25) is 0 Å². The Labute approximate surface area is 195 Å². The number of nitrogens with one attached hydrogen (secondary N) is 2. The lowest BCUT2D eigenvalue weighted by molar-refractivity contribution is -0.145. The number of alkyl carbamates (subject to hydrolysis) is 1. The number of halogens is 2. The van der Waals surface area contributed by atoms with Crippen molar-refractivity contribution in [2.45, 2.75) is 43.9 Å². The zero-order valence-corrected chi connectivity index (χ0v) is 18.7. The minimum Gasteiger partial charge on any atom is -0.480 e. The number of amides is 2. The van der Waals surface area contributed by atoms with Gasteiger partial charge in [-0.25, -0.2) is 18.4 Å². The molecule has 10 heteroatoms. The van der Waals surface area contributed by atoms with Crippen molar-refractivity contribution in [1.29, 1.82) is 0 Å². The minimum atomic E-state index is -3.07. The number of fused-ring (bicyclic) bond motifs is 3. The van der Waals surface area contributed by atoms with Crippen molar-refractivity contribution in [1.82, 2.24) is 10.6 Å². The van der Waals surface area contributed by atoms with E-state index in [0.717, 1.165) is 22.3 Å². The van der Waals surface area contributed by atoms with Crippen molar-refractivity contribution in [3.05, 3.63) is 59.7 Å². The molecule has 34 heavy (non-hydrogen) atoms. The number of carbonyl (C=O) groups excluding carboxylic acids is 2. The summed E-state index contributed by atoms with van der Waals surface area (Å²) in [7, 11) is 1.26. The van der Waals surface area contributed by atoms with Crippen LogP contribution in [0.4, 0.5) is 13.6 Å². The number of carbonyl (C=O) groups is 3. The summed E-state index contributed by atoms with van der Waals surface area (Å²) >= 11 is 0. The first-order valence-corrected chi connectivity index (χ1v) is 10.7. The second-order valence-electron chi connectivity index (χ2n) is 7.94. The molecule has 1 unspecified atom stereocenters. The standard InChI is InChI=1S/C24H26F2N2O6/c1-13(33-2)21(23(30)31)28-20(29)11-19(22(25)26)27-24(32)34-12-18-16-9-5-3-7-14(16)15-8-4-6-10-17(15)18/h3-10,13,18-19,21-22H,11-12H2,1-2H3,(H,27,32)(H,28,29)(H,30,31)/t13-,19?,21+/m1/s1. The zero-order valence-electron chi connectivity index (χ0n) is 18.7. The van der Waals surface area contributed by atoms with Gasteiger partial charge in [0.05, 0.1) is 12.5 Å². The van der Waals surface area contributed by atoms with E-state index in [0.29, 0.717) is 0 Å². The first-order chi connectivity index (χ1) is 16.2. The van der Waals surface area contributed by atoms with E-state index in [2.05, 4.69) is 5.32 Å². The van der Waals surface area contributed by atoms with Gasteiger partial charge in [0.25, 0.3) is 6.43 Å². The fraction of sp³-hybridized carbons (Fsp3) is 0.375.